The second-order valence-electron chi connectivity index (χ2n) is 7.70. The van der Waals surface area contributed by atoms with Crippen LogP contribution in [-0.2, 0) is 0 Å². The maximum atomic E-state index is 12.9. The second kappa shape index (κ2) is 6.87. The minimum Gasteiger partial charge on any atom is -0.336 e. The Hall–Kier alpha value is -2.99. The van der Waals surface area contributed by atoms with Crippen molar-refractivity contribution in [2.45, 2.75) is 30.7 Å². The molecule has 2 N–H and O–H groups in total. The van der Waals surface area contributed by atoms with Gasteiger partial charge in [-0.25, -0.2) is 0 Å². The van der Waals surface area contributed by atoms with E-state index in [4.69, 9.17) is 10.3 Å². The lowest BCUT2D eigenvalue weighted by Crippen LogP contribution is -2.32. The first-order chi connectivity index (χ1) is 13.7. The van der Waals surface area contributed by atoms with Gasteiger partial charge in [0, 0.05) is 42.1 Å². The fourth-order valence-electron chi connectivity index (χ4n) is 3.85. The molecule has 5 rings (SSSR count). The van der Waals surface area contributed by atoms with E-state index < -0.39 is 0 Å². The number of carbonyl (C=O) groups is 1. The van der Waals surface area contributed by atoms with Crippen molar-refractivity contribution in [1.29, 1.82) is 0 Å². The SMILES string of the molecule is N[C@@H]1CN(C(=O)c2ccc(-c3nc(C4CC4)no3)cc2)C[C@H]1c1ccccc1. The molecular weight excluding hydrogens is 352 g/mol. The van der Waals surface area contributed by atoms with Gasteiger partial charge in [0.1, 0.15) is 0 Å². The summed E-state index contributed by atoms with van der Waals surface area (Å²) in [5.41, 5.74) is 8.99. The van der Waals surface area contributed by atoms with Crippen LogP contribution in [0.3, 0.4) is 0 Å². The highest BCUT2D eigenvalue weighted by Gasteiger charge is 2.34. The van der Waals surface area contributed by atoms with E-state index in [2.05, 4.69) is 22.3 Å². The van der Waals surface area contributed by atoms with Crippen molar-refractivity contribution >= 4 is 5.91 Å². The number of hydrogen-bond donors (Lipinski definition) is 1. The molecule has 1 aliphatic carbocycles. The lowest BCUT2D eigenvalue weighted by atomic mass is 9.95. The van der Waals surface area contributed by atoms with Crippen LogP contribution in [0.4, 0.5) is 0 Å². The summed E-state index contributed by atoms with van der Waals surface area (Å²) < 4.78 is 5.36. The van der Waals surface area contributed by atoms with Gasteiger partial charge in [0.25, 0.3) is 11.8 Å². The zero-order chi connectivity index (χ0) is 19.1. The third kappa shape index (κ3) is 3.20. The zero-order valence-corrected chi connectivity index (χ0v) is 15.5. The van der Waals surface area contributed by atoms with Crippen molar-refractivity contribution in [3.63, 3.8) is 0 Å². The Balaban J connectivity index is 1.30. The van der Waals surface area contributed by atoms with Crippen LogP contribution < -0.4 is 5.73 Å². The van der Waals surface area contributed by atoms with Gasteiger partial charge in [-0.05, 0) is 42.7 Å². The van der Waals surface area contributed by atoms with Crippen LogP contribution in [0.5, 0.6) is 0 Å². The Morgan fingerprint density at radius 2 is 1.79 bits per heavy atom. The topological polar surface area (TPSA) is 85.2 Å². The minimum absolute atomic E-state index is 0.00429. The van der Waals surface area contributed by atoms with E-state index in [0.29, 0.717) is 30.5 Å². The highest BCUT2D eigenvalue weighted by Crippen LogP contribution is 2.38. The van der Waals surface area contributed by atoms with Gasteiger partial charge in [-0.15, -0.1) is 0 Å². The summed E-state index contributed by atoms with van der Waals surface area (Å²) in [6.07, 6.45) is 2.27. The molecule has 0 bridgehead atoms. The van der Waals surface area contributed by atoms with Crippen molar-refractivity contribution in [1.82, 2.24) is 15.0 Å². The molecule has 3 aromatic rings. The Morgan fingerprint density at radius 1 is 1.04 bits per heavy atom. The summed E-state index contributed by atoms with van der Waals surface area (Å²) in [4.78, 5) is 19.2. The van der Waals surface area contributed by atoms with Crippen molar-refractivity contribution in [3.8, 4) is 11.5 Å². The smallest absolute Gasteiger partial charge is 0.257 e. The van der Waals surface area contributed by atoms with Gasteiger partial charge in [-0.3, -0.25) is 4.79 Å². The third-order valence-electron chi connectivity index (χ3n) is 5.64. The van der Waals surface area contributed by atoms with E-state index in [9.17, 15) is 4.79 Å². The van der Waals surface area contributed by atoms with Crippen LogP contribution in [0.15, 0.2) is 59.1 Å². The Labute approximate surface area is 163 Å². The number of rotatable bonds is 4. The number of aromatic nitrogens is 2. The molecule has 0 unspecified atom stereocenters. The molecule has 142 valence electrons. The van der Waals surface area contributed by atoms with Crippen molar-refractivity contribution in [2.75, 3.05) is 13.1 Å². The molecular formula is C22H22N4O2. The molecule has 6 nitrogen and oxygen atoms in total. The summed E-state index contributed by atoms with van der Waals surface area (Å²) in [6, 6.07) is 17.5. The van der Waals surface area contributed by atoms with Gasteiger partial charge in [0.15, 0.2) is 5.82 Å². The first-order valence-corrected chi connectivity index (χ1v) is 9.73. The van der Waals surface area contributed by atoms with Gasteiger partial charge in [-0.2, -0.15) is 4.98 Å². The monoisotopic (exact) mass is 374 g/mol. The van der Waals surface area contributed by atoms with Crippen LogP contribution in [-0.4, -0.2) is 40.1 Å². The zero-order valence-electron chi connectivity index (χ0n) is 15.5. The van der Waals surface area contributed by atoms with E-state index in [1.54, 1.807) is 0 Å². The van der Waals surface area contributed by atoms with E-state index in [-0.39, 0.29) is 17.9 Å². The Morgan fingerprint density at radius 3 is 2.50 bits per heavy atom. The maximum Gasteiger partial charge on any atom is 0.257 e. The maximum absolute atomic E-state index is 12.9. The number of carbonyl (C=O) groups excluding carboxylic acids is 1. The van der Waals surface area contributed by atoms with E-state index in [1.807, 2.05) is 47.4 Å². The number of nitrogens with zero attached hydrogens (tertiary/aromatic N) is 3. The highest BCUT2D eigenvalue weighted by molar-refractivity contribution is 5.95. The summed E-state index contributed by atoms with van der Waals surface area (Å²) >= 11 is 0. The summed E-state index contributed by atoms with van der Waals surface area (Å²) in [6.45, 7) is 1.20. The van der Waals surface area contributed by atoms with Gasteiger partial charge in [0.05, 0.1) is 0 Å². The molecule has 1 saturated heterocycles. The van der Waals surface area contributed by atoms with Gasteiger partial charge in [-0.1, -0.05) is 35.5 Å². The number of likely N-dealkylation sites (tertiary alicyclic amines) is 1. The molecule has 2 aromatic carbocycles. The summed E-state index contributed by atoms with van der Waals surface area (Å²) in [5, 5.41) is 4.05. The Bertz CT molecular complexity index is 979. The summed E-state index contributed by atoms with van der Waals surface area (Å²) in [5.74, 6) is 1.92. The van der Waals surface area contributed by atoms with Crippen LogP contribution in [0.1, 0.15) is 46.4 Å². The van der Waals surface area contributed by atoms with E-state index in [0.717, 1.165) is 24.2 Å². The molecule has 28 heavy (non-hydrogen) atoms. The molecule has 2 aliphatic rings. The molecule has 0 radical (unpaired) electrons. The van der Waals surface area contributed by atoms with Crippen LogP contribution in [0.2, 0.25) is 0 Å². The molecule has 0 spiro atoms. The first-order valence-electron chi connectivity index (χ1n) is 9.73. The predicted molar refractivity (Wildman–Crippen MR) is 105 cm³/mol. The second-order valence-corrected chi connectivity index (χ2v) is 7.70. The lowest BCUT2D eigenvalue weighted by Gasteiger charge is -2.16. The minimum atomic E-state index is -0.0511. The van der Waals surface area contributed by atoms with Crippen molar-refractivity contribution in [2.24, 2.45) is 5.73 Å². The van der Waals surface area contributed by atoms with Crippen molar-refractivity contribution in [3.05, 3.63) is 71.5 Å². The van der Waals surface area contributed by atoms with Crippen LogP contribution in [0.25, 0.3) is 11.5 Å². The largest absolute Gasteiger partial charge is 0.336 e. The van der Waals surface area contributed by atoms with Gasteiger partial charge < -0.3 is 15.2 Å². The van der Waals surface area contributed by atoms with Crippen LogP contribution >= 0.6 is 0 Å². The number of nitrogens with two attached hydrogens (primary N) is 1. The first kappa shape index (κ1) is 17.1. The number of benzene rings is 2. The molecule has 2 fully saturated rings. The molecule has 6 heteroatoms. The molecule has 2 heterocycles. The fraction of sp³-hybridized carbons (Fsp3) is 0.318. The predicted octanol–water partition coefficient (Wildman–Crippen LogP) is 3.18. The highest BCUT2D eigenvalue weighted by atomic mass is 16.5. The average molecular weight is 374 g/mol. The summed E-state index contributed by atoms with van der Waals surface area (Å²) in [7, 11) is 0. The number of amides is 1. The lowest BCUT2D eigenvalue weighted by molar-refractivity contribution is 0.0789. The van der Waals surface area contributed by atoms with Crippen LogP contribution in [0, 0.1) is 0 Å². The fourth-order valence-corrected chi connectivity index (χ4v) is 3.85. The molecule has 2 atom stereocenters. The Kier molecular flexibility index (Phi) is 4.20. The molecule has 1 saturated carbocycles. The quantitative estimate of drug-likeness (QED) is 0.758. The third-order valence-corrected chi connectivity index (χ3v) is 5.64. The van der Waals surface area contributed by atoms with E-state index >= 15 is 0 Å². The van der Waals surface area contributed by atoms with Crippen molar-refractivity contribution < 1.29 is 9.32 Å². The van der Waals surface area contributed by atoms with Gasteiger partial charge in [0.2, 0.25) is 0 Å². The molecule has 1 aliphatic heterocycles. The normalized spacial score (nSPS) is 21.8. The molecule has 1 amide bonds. The number of hydrogen-bond acceptors (Lipinski definition) is 5. The van der Waals surface area contributed by atoms with E-state index in [1.165, 1.54) is 5.56 Å². The van der Waals surface area contributed by atoms with Gasteiger partial charge >= 0.3 is 0 Å². The molecule has 1 aromatic heterocycles. The average Bonchev–Trinajstić information content (AvgIpc) is 3.34. The standard InChI is InChI=1S/C22H22N4O2/c23-19-13-26(12-18(19)14-4-2-1-3-5-14)22(27)17-10-8-16(9-11-17)21-24-20(25-28-21)15-6-7-15/h1-5,8-11,15,18-19H,6-7,12-13,23H2/t18-,19+/m0/s1.